The van der Waals surface area contributed by atoms with E-state index in [1.165, 1.54) is 5.56 Å². The van der Waals surface area contributed by atoms with Crippen molar-refractivity contribution >= 4 is 0 Å². The predicted molar refractivity (Wildman–Crippen MR) is 87.7 cm³/mol. The van der Waals surface area contributed by atoms with Crippen LogP contribution in [0.4, 0.5) is 0 Å². The Bertz CT molecular complexity index is 459. The molecule has 0 spiro atoms. The van der Waals surface area contributed by atoms with E-state index in [1.807, 2.05) is 6.92 Å². The number of hydrogen-bond acceptors (Lipinski definition) is 4. The minimum absolute atomic E-state index is 0.0573. The van der Waals surface area contributed by atoms with Gasteiger partial charge < -0.3 is 15.2 Å². The predicted octanol–water partition coefficient (Wildman–Crippen LogP) is 1.78. The van der Waals surface area contributed by atoms with Gasteiger partial charge in [-0.25, -0.2) is 0 Å². The van der Waals surface area contributed by atoms with E-state index in [2.05, 4.69) is 40.5 Å². The molecular formula is C18H28N2O2. The van der Waals surface area contributed by atoms with Crippen LogP contribution in [-0.2, 0) is 11.3 Å². The number of nitrogens with zero attached hydrogens (tertiary/aromatic N) is 1. The third-order valence-corrected chi connectivity index (χ3v) is 5.19. The number of hydrogen-bond donors (Lipinski definition) is 2. The van der Waals surface area contributed by atoms with Crippen LogP contribution in [0.1, 0.15) is 31.7 Å². The largest absolute Gasteiger partial charge is 0.386 e. The summed E-state index contributed by atoms with van der Waals surface area (Å²) in [6.07, 6.45) is 2.99. The summed E-state index contributed by atoms with van der Waals surface area (Å²) in [6, 6.07) is 11.2. The number of nitrogens with one attached hydrogen (secondary N) is 1. The topological polar surface area (TPSA) is 44.7 Å². The second-order valence-electron chi connectivity index (χ2n) is 6.78. The van der Waals surface area contributed by atoms with E-state index in [-0.39, 0.29) is 6.10 Å². The molecule has 122 valence electrons. The van der Waals surface area contributed by atoms with Crippen molar-refractivity contribution in [2.24, 2.45) is 0 Å². The number of likely N-dealkylation sites (tertiary alicyclic amines) is 1. The van der Waals surface area contributed by atoms with Crippen LogP contribution < -0.4 is 5.32 Å². The van der Waals surface area contributed by atoms with E-state index >= 15 is 0 Å². The SMILES string of the molecule is C[C@@H]1OCC[C@]1(O)CNC1CCN(Cc2ccccc2)CC1. The van der Waals surface area contributed by atoms with Crippen molar-refractivity contribution in [2.45, 2.75) is 50.5 Å². The summed E-state index contributed by atoms with van der Waals surface area (Å²) < 4.78 is 5.49. The van der Waals surface area contributed by atoms with E-state index in [0.29, 0.717) is 19.2 Å². The zero-order valence-electron chi connectivity index (χ0n) is 13.5. The first-order valence-electron chi connectivity index (χ1n) is 8.49. The van der Waals surface area contributed by atoms with Gasteiger partial charge in [0.1, 0.15) is 5.60 Å². The summed E-state index contributed by atoms with van der Waals surface area (Å²) in [7, 11) is 0. The molecule has 0 saturated carbocycles. The molecule has 0 amide bonds. The van der Waals surface area contributed by atoms with Crippen LogP contribution in [0.25, 0.3) is 0 Å². The molecule has 0 radical (unpaired) electrons. The van der Waals surface area contributed by atoms with Gasteiger partial charge in [-0.2, -0.15) is 0 Å². The highest BCUT2D eigenvalue weighted by atomic mass is 16.5. The van der Waals surface area contributed by atoms with E-state index in [4.69, 9.17) is 4.74 Å². The van der Waals surface area contributed by atoms with Crippen LogP contribution in [0.5, 0.6) is 0 Å². The number of rotatable bonds is 5. The third kappa shape index (κ3) is 3.87. The lowest BCUT2D eigenvalue weighted by molar-refractivity contribution is -0.0288. The van der Waals surface area contributed by atoms with Gasteiger partial charge in [-0.05, 0) is 38.4 Å². The fourth-order valence-corrected chi connectivity index (χ4v) is 3.46. The molecular weight excluding hydrogens is 276 g/mol. The summed E-state index contributed by atoms with van der Waals surface area (Å²) in [5.41, 5.74) is 0.710. The quantitative estimate of drug-likeness (QED) is 0.870. The van der Waals surface area contributed by atoms with Gasteiger partial charge >= 0.3 is 0 Å². The van der Waals surface area contributed by atoms with Crippen molar-refractivity contribution < 1.29 is 9.84 Å². The van der Waals surface area contributed by atoms with Crippen LogP contribution in [-0.4, -0.2) is 54.0 Å². The van der Waals surface area contributed by atoms with Crippen molar-refractivity contribution in [1.29, 1.82) is 0 Å². The highest BCUT2D eigenvalue weighted by molar-refractivity contribution is 5.14. The van der Waals surface area contributed by atoms with Gasteiger partial charge in [-0.3, -0.25) is 4.90 Å². The fraction of sp³-hybridized carbons (Fsp3) is 0.667. The van der Waals surface area contributed by atoms with E-state index in [9.17, 15) is 5.11 Å². The Morgan fingerprint density at radius 3 is 2.64 bits per heavy atom. The average molecular weight is 304 g/mol. The maximum atomic E-state index is 10.5. The first-order chi connectivity index (χ1) is 10.7. The molecule has 2 atom stereocenters. The molecule has 1 aromatic rings. The molecule has 0 bridgehead atoms. The number of piperidine rings is 1. The fourth-order valence-electron chi connectivity index (χ4n) is 3.46. The minimum atomic E-state index is -0.679. The lowest BCUT2D eigenvalue weighted by Crippen LogP contribution is -2.51. The van der Waals surface area contributed by atoms with Gasteiger partial charge in [0.15, 0.2) is 0 Å². The zero-order chi connectivity index (χ0) is 15.4. The molecule has 2 aliphatic rings. The van der Waals surface area contributed by atoms with Crippen LogP contribution in [0.3, 0.4) is 0 Å². The monoisotopic (exact) mass is 304 g/mol. The molecule has 2 fully saturated rings. The lowest BCUT2D eigenvalue weighted by atomic mass is 9.95. The first-order valence-corrected chi connectivity index (χ1v) is 8.49. The molecule has 22 heavy (non-hydrogen) atoms. The normalized spacial score (nSPS) is 30.7. The average Bonchev–Trinajstić information content (AvgIpc) is 2.87. The summed E-state index contributed by atoms with van der Waals surface area (Å²) in [5.74, 6) is 0. The van der Waals surface area contributed by atoms with Crippen LogP contribution in [0, 0.1) is 0 Å². The third-order valence-electron chi connectivity index (χ3n) is 5.19. The standard InChI is InChI=1S/C18H28N2O2/c1-15-18(21,9-12-22-15)14-19-17-7-10-20(11-8-17)13-16-5-3-2-4-6-16/h2-6,15,17,19,21H,7-14H2,1H3/t15-,18-/m0/s1. The molecule has 0 aromatic heterocycles. The van der Waals surface area contributed by atoms with Crippen LogP contribution in [0.2, 0.25) is 0 Å². The Balaban J connectivity index is 1.40. The van der Waals surface area contributed by atoms with Gasteiger partial charge in [-0.15, -0.1) is 0 Å². The molecule has 2 N–H and O–H groups in total. The smallest absolute Gasteiger partial charge is 0.105 e. The maximum Gasteiger partial charge on any atom is 0.105 e. The van der Waals surface area contributed by atoms with Gasteiger partial charge in [0, 0.05) is 32.2 Å². The summed E-state index contributed by atoms with van der Waals surface area (Å²) >= 11 is 0. The summed E-state index contributed by atoms with van der Waals surface area (Å²) in [5, 5.41) is 14.1. The van der Waals surface area contributed by atoms with E-state index in [0.717, 1.165) is 38.9 Å². The van der Waals surface area contributed by atoms with E-state index in [1.54, 1.807) is 0 Å². The highest BCUT2D eigenvalue weighted by Gasteiger charge is 2.39. The summed E-state index contributed by atoms with van der Waals surface area (Å²) in [4.78, 5) is 2.52. The van der Waals surface area contributed by atoms with Crippen molar-refractivity contribution in [1.82, 2.24) is 10.2 Å². The van der Waals surface area contributed by atoms with Gasteiger partial charge in [-0.1, -0.05) is 30.3 Å². The molecule has 1 aromatic carbocycles. The molecule has 0 unspecified atom stereocenters. The van der Waals surface area contributed by atoms with Crippen molar-refractivity contribution in [3.63, 3.8) is 0 Å². The number of aliphatic hydroxyl groups is 1. The van der Waals surface area contributed by atoms with Gasteiger partial charge in [0.05, 0.1) is 6.10 Å². The van der Waals surface area contributed by atoms with Crippen LogP contribution in [0.15, 0.2) is 30.3 Å². The first kappa shape index (κ1) is 15.9. The Morgan fingerprint density at radius 2 is 2.00 bits per heavy atom. The Labute approximate surface area is 133 Å². The Kier molecular flexibility index (Phi) is 5.14. The van der Waals surface area contributed by atoms with Crippen LogP contribution >= 0.6 is 0 Å². The second kappa shape index (κ2) is 7.09. The maximum absolute atomic E-state index is 10.5. The van der Waals surface area contributed by atoms with Crippen molar-refractivity contribution in [2.75, 3.05) is 26.2 Å². The molecule has 0 aliphatic carbocycles. The zero-order valence-corrected chi connectivity index (χ0v) is 13.5. The minimum Gasteiger partial charge on any atom is -0.386 e. The van der Waals surface area contributed by atoms with E-state index < -0.39 is 5.60 Å². The highest BCUT2D eigenvalue weighted by Crippen LogP contribution is 2.25. The molecule has 4 nitrogen and oxygen atoms in total. The van der Waals surface area contributed by atoms with Crippen molar-refractivity contribution in [3.05, 3.63) is 35.9 Å². The second-order valence-corrected chi connectivity index (χ2v) is 6.78. The summed E-state index contributed by atoms with van der Waals surface area (Å²) in [6.45, 7) is 6.58. The molecule has 2 saturated heterocycles. The van der Waals surface area contributed by atoms with Crippen molar-refractivity contribution in [3.8, 4) is 0 Å². The molecule has 2 heterocycles. The molecule has 4 heteroatoms. The van der Waals surface area contributed by atoms with Gasteiger partial charge in [0.25, 0.3) is 0 Å². The lowest BCUT2D eigenvalue weighted by Gasteiger charge is -2.35. The van der Waals surface area contributed by atoms with Gasteiger partial charge in [0.2, 0.25) is 0 Å². The molecule has 2 aliphatic heterocycles. The number of benzene rings is 1. The Morgan fingerprint density at radius 1 is 1.27 bits per heavy atom. The number of ether oxygens (including phenoxy) is 1. The molecule has 3 rings (SSSR count). The Hall–Kier alpha value is -0.940.